The van der Waals surface area contributed by atoms with Gasteiger partial charge in [-0.1, -0.05) is 13.8 Å². The number of alkyl halides is 3. The molecule has 1 aliphatic rings. The van der Waals surface area contributed by atoms with Crippen molar-refractivity contribution in [2.45, 2.75) is 32.9 Å². The molecule has 106 valence electrons. The lowest BCUT2D eigenvalue weighted by Gasteiger charge is -2.36. The maximum atomic E-state index is 13.0. The first-order valence-corrected chi connectivity index (χ1v) is 6.65. The SMILES string of the molecule is CC(C)C1CCN(c2cnccc2C(F)(F)F)CC1. The Balaban J connectivity index is 2.16. The van der Waals surface area contributed by atoms with Crippen molar-refractivity contribution in [2.75, 3.05) is 18.0 Å². The Hall–Kier alpha value is -1.26. The van der Waals surface area contributed by atoms with Crippen molar-refractivity contribution in [2.24, 2.45) is 11.8 Å². The van der Waals surface area contributed by atoms with Crippen LogP contribution in [0.4, 0.5) is 18.9 Å². The van der Waals surface area contributed by atoms with Crippen LogP contribution in [0.15, 0.2) is 18.5 Å². The zero-order valence-corrected chi connectivity index (χ0v) is 11.2. The molecule has 0 saturated carbocycles. The van der Waals surface area contributed by atoms with Gasteiger partial charge in [0.15, 0.2) is 0 Å². The van der Waals surface area contributed by atoms with Gasteiger partial charge in [-0.2, -0.15) is 13.2 Å². The molecule has 0 spiro atoms. The van der Waals surface area contributed by atoms with Crippen molar-refractivity contribution in [3.05, 3.63) is 24.0 Å². The molecule has 1 aliphatic heterocycles. The summed E-state index contributed by atoms with van der Waals surface area (Å²) in [5.41, 5.74) is -0.359. The van der Waals surface area contributed by atoms with Gasteiger partial charge in [0.25, 0.3) is 0 Å². The minimum absolute atomic E-state index is 0.220. The van der Waals surface area contributed by atoms with E-state index < -0.39 is 11.7 Å². The number of aromatic nitrogens is 1. The summed E-state index contributed by atoms with van der Waals surface area (Å²) < 4.78 is 38.9. The first-order chi connectivity index (χ1) is 8.89. The average Bonchev–Trinajstić information content (AvgIpc) is 2.38. The van der Waals surface area contributed by atoms with Crippen LogP contribution in [0.5, 0.6) is 0 Å². The topological polar surface area (TPSA) is 16.1 Å². The third-order valence-electron chi connectivity index (χ3n) is 3.93. The molecule has 1 aromatic heterocycles. The summed E-state index contributed by atoms with van der Waals surface area (Å²) in [4.78, 5) is 5.66. The summed E-state index contributed by atoms with van der Waals surface area (Å²) in [5, 5.41) is 0. The summed E-state index contributed by atoms with van der Waals surface area (Å²) >= 11 is 0. The van der Waals surface area contributed by atoms with Crippen LogP contribution in [0.25, 0.3) is 0 Å². The Kier molecular flexibility index (Phi) is 4.02. The third-order valence-corrected chi connectivity index (χ3v) is 3.93. The summed E-state index contributed by atoms with van der Waals surface area (Å²) in [7, 11) is 0. The van der Waals surface area contributed by atoms with Gasteiger partial charge in [-0.25, -0.2) is 0 Å². The first kappa shape index (κ1) is 14.2. The average molecular weight is 272 g/mol. The molecule has 0 N–H and O–H groups in total. The maximum Gasteiger partial charge on any atom is 0.418 e. The van der Waals surface area contributed by atoms with Gasteiger partial charge >= 0.3 is 6.18 Å². The molecule has 5 heteroatoms. The van der Waals surface area contributed by atoms with E-state index in [9.17, 15) is 13.2 Å². The Morgan fingerprint density at radius 2 is 1.89 bits per heavy atom. The summed E-state index contributed by atoms with van der Waals surface area (Å²) in [6.07, 6.45) is 0.118. The summed E-state index contributed by atoms with van der Waals surface area (Å²) in [6, 6.07) is 1.06. The molecule has 0 bridgehead atoms. The molecular weight excluding hydrogens is 253 g/mol. The molecule has 1 fully saturated rings. The molecule has 1 aromatic rings. The molecule has 0 atom stereocenters. The second kappa shape index (κ2) is 5.39. The van der Waals surface area contributed by atoms with Gasteiger partial charge in [0.1, 0.15) is 0 Å². The molecular formula is C14H19F3N2. The Morgan fingerprint density at radius 1 is 1.26 bits per heavy atom. The van der Waals surface area contributed by atoms with Gasteiger partial charge in [0.05, 0.1) is 17.4 Å². The molecule has 0 radical (unpaired) electrons. The lowest BCUT2D eigenvalue weighted by molar-refractivity contribution is -0.137. The Bertz CT molecular complexity index is 421. The number of piperidine rings is 1. The van der Waals surface area contributed by atoms with Crippen molar-refractivity contribution in [1.29, 1.82) is 0 Å². The predicted molar refractivity (Wildman–Crippen MR) is 69.0 cm³/mol. The fourth-order valence-electron chi connectivity index (χ4n) is 2.68. The highest BCUT2D eigenvalue weighted by molar-refractivity contribution is 5.53. The zero-order chi connectivity index (χ0) is 14.0. The van der Waals surface area contributed by atoms with Crippen LogP contribution >= 0.6 is 0 Å². The number of halogens is 3. The third kappa shape index (κ3) is 3.19. The van der Waals surface area contributed by atoms with E-state index in [0.29, 0.717) is 24.9 Å². The maximum absolute atomic E-state index is 13.0. The van der Waals surface area contributed by atoms with Crippen LogP contribution < -0.4 is 4.90 Å². The monoisotopic (exact) mass is 272 g/mol. The lowest BCUT2D eigenvalue weighted by atomic mass is 9.86. The van der Waals surface area contributed by atoms with E-state index in [2.05, 4.69) is 18.8 Å². The minimum Gasteiger partial charge on any atom is -0.370 e. The highest BCUT2D eigenvalue weighted by Crippen LogP contribution is 2.37. The number of rotatable bonds is 2. The van der Waals surface area contributed by atoms with E-state index in [4.69, 9.17) is 0 Å². The lowest BCUT2D eigenvalue weighted by Crippen LogP contribution is -2.36. The van der Waals surface area contributed by atoms with Crippen LogP contribution in [-0.4, -0.2) is 18.1 Å². The van der Waals surface area contributed by atoms with E-state index in [1.807, 2.05) is 4.90 Å². The number of pyridine rings is 1. The van der Waals surface area contributed by atoms with Gasteiger partial charge in [-0.05, 0) is 30.7 Å². The molecule has 0 amide bonds. The Morgan fingerprint density at radius 3 is 2.42 bits per heavy atom. The van der Waals surface area contributed by atoms with E-state index >= 15 is 0 Å². The molecule has 0 unspecified atom stereocenters. The quantitative estimate of drug-likeness (QED) is 0.809. The number of anilines is 1. The molecule has 2 heterocycles. The van der Waals surface area contributed by atoms with Crippen LogP contribution in [0, 0.1) is 11.8 Å². The van der Waals surface area contributed by atoms with Crippen LogP contribution in [0.3, 0.4) is 0 Å². The van der Waals surface area contributed by atoms with Crippen molar-refractivity contribution >= 4 is 5.69 Å². The minimum atomic E-state index is -4.31. The molecule has 2 nitrogen and oxygen atoms in total. The van der Waals surface area contributed by atoms with Crippen LogP contribution in [-0.2, 0) is 6.18 Å². The van der Waals surface area contributed by atoms with E-state index in [1.165, 1.54) is 12.4 Å². The molecule has 19 heavy (non-hydrogen) atoms. The fourth-order valence-corrected chi connectivity index (χ4v) is 2.68. The van der Waals surface area contributed by atoms with Crippen molar-refractivity contribution in [3.8, 4) is 0 Å². The normalized spacial score (nSPS) is 18.1. The van der Waals surface area contributed by atoms with Crippen LogP contribution in [0.2, 0.25) is 0 Å². The highest BCUT2D eigenvalue weighted by atomic mass is 19.4. The van der Waals surface area contributed by atoms with Gasteiger partial charge in [-0.3, -0.25) is 4.98 Å². The Labute approximate surface area is 111 Å². The van der Waals surface area contributed by atoms with E-state index in [1.54, 1.807) is 0 Å². The molecule has 2 rings (SSSR count). The van der Waals surface area contributed by atoms with Gasteiger partial charge < -0.3 is 4.90 Å². The van der Waals surface area contributed by atoms with Crippen molar-refractivity contribution in [3.63, 3.8) is 0 Å². The highest BCUT2D eigenvalue weighted by Gasteiger charge is 2.35. The first-order valence-electron chi connectivity index (χ1n) is 6.65. The van der Waals surface area contributed by atoms with Gasteiger partial charge in [0, 0.05) is 19.3 Å². The molecule has 1 saturated heterocycles. The van der Waals surface area contributed by atoms with Crippen molar-refractivity contribution in [1.82, 2.24) is 4.98 Å². The number of hydrogen-bond donors (Lipinski definition) is 0. The second-order valence-electron chi connectivity index (χ2n) is 5.46. The summed E-state index contributed by atoms with van der Waals surface area (Å²) in [5.74, 6) is 1.21. The predicted octanol–water partition coefficient (Wildman–Crippen LogP) is 3.97. The fraction of sp³-hybridized carbons (Fsp3) is 0.643. The van der Waals surface area contributed by atoms with Gasteiger partial charge in [0.2, 0.25) is 0 Å². The molecule has 0 aromatic carbocycles. The van der Waals surface area contributed by atoms with E-state index in [0.717, 1.165) is 18.9 Å². The van der Waals surface area contributed by atoms with Crippen molar-refractivity contribution < 1.29 is 13.2 Å². The van der Waals surface area contributed by atoms with Crippen LogP contribution in [0.1, 0.15) is 32.3 Å². The standard InChI is InChI=1S/C14H19F3N2/c1-10(2)11-4-7-19(8-5-11)13-9-18-6-3-12(13)14(15,16)17/h3,6,9-11H,4-5,7-8H2,1-2H3. The largest absolute Gasteiger partial charge is 0.418 e. The zero-order valence-electron chi connectivity index (χ0n) is 11.2. The van der Waals surface area contributed by atoms with Gasteiger partial charge in [-0.15, -0.1) is 0 Å². The number of hydrogen-bond acceptors (Lipinski definition) is 2. The summed E-state index contributed by atoms with van der Waals surface area (Å²) in [6.45, 7) is 5.70. The van der Waals surface area contributed by atoms with E-state index in [-0.39, 0.29) is 5.69 Å². The smallest absolute Gasteiger partial charge is 0.370 e. The second-order valence-corrected chi connectivity index (χ2v) is 5.46. The molecule has 0 aliphatic carbocycles. The number of nitrogens with zero attached hydrogens (tertiary/aromatic N) is 2.